The zero-order chi connectivity index (χ0) is 13.6. The fraction of sp³-hybridized carbons (Fsp3) is 0.846. The highest BCUT2D eigenvalue weighted by atomic mass is 16.6. The lowest BCUT2D eigenvalue weighted by atomic mass is 10.1. The summed E-state index contributed by atoms with van der Waals surface area (Å²) in [7, 11) is 0. The SMILES string of the molecule is CC(C)N(CCC#N)C(C)C(=O)OC(C)(C)C. The number of carbonyl (C=O) groups excluding carboxylic acids is 1. The third-order valence-corrected chi connectivity index (χ3v) is 2.39. The highest BCUT2D eigenvalue weighted by Gasteiger charge is 2.27. The molecule has 0 heterocycles. The van der Waals surface area contributed by atoms with Crippen LogP contribution in [0.1, 0.15) is 48.0 Å². The Morgan fingerprint density at radius 2 is 1.88 bits per heavy atom. The molecule has 0 aliphatic carbocycles. The van der Waals surface area contributed by atoms with Crippen LogP contribution in [-0.2, 0) is 9.53 Å². The van der Waals surface area contributed by atoms with Gasteiger partial charge in [0.05, 0.1) is 6.07 Å². The van der Waals surface area contributed by atoms with Gasteiger partial charge in [-0.15, -0.1) is 0 Å². The highest BCUT2D eigenvalue weighted by molar-refractivity contribution is 5.75. The third kappa shape index (κ3) is 6.28. The van der Waals surface area contributed by atoms with Gasteiger partial charge in [-0.1, -0.05) is 0 Å². The summed E-state index contributed by atoms with van der Waals surface area (Å²) in [4.78, 5) is 13.9. The van der Waals surface area contributed by atoms with Gasteiger partial charge in [-0.2, -0.15) is 5.26 Å². The van der Waals surface area contributed by atoms with Crippen molar-refractivity contribution in [1.82, 2.24) is 4.90 Å². The van der Waals surface area contributed by atoms with E-state index in [2.05, 4.69) is 6.07 Å². The van der Waals surface area contributed by atoms with Gasteiger partial charge in [0.25, 0.3) is 0 Å². The molecule has 0 saturated heterocycles. The summed E-state index contributed by atoms with van der Waals surface area (Å²) in [5.41, 5.74) is -0.469. The van der Waals surface area contributed by atoms with Crippen LogP contribution in [0, 0.1) is 11.3 Å². The number of carbonyl (C=O) groups is 1. The fourth-order valence-corrected chi connectivity index (χ4v) is 1.60. The van der Waals surface area contributed by atoms with E-state index >= 15 is 0 Å². The normalized spacial score (nSPS) is 13.6. The second-order valence-corrected chi connectivity index (χ2v) is 5.45. The predicted octanol–water partition coefficient (Wildman–Crippen LogP) is 2.34. The molecule has 0 aliphatic heterocycles. The van der Waals surface area contributed by atoms with Crippen LogP contribution in [0.15, 0.2) is 0 Å². The van der Waals surface area contributed by atoms with E-state index < -0.39 is 5.60 Å². The van der Waals surface area contributed by atoms with Crippen LogP contribution in [0.25, 0.3) is 0 Å². The summed E-state index contributed by atoms with van der Waals surface area (Å²) in [5.74, 6) is -0.232. The smallest absolute Gasteiger partial charge is 0.323 e. The van der Waals surface area contributed by atoms with Crippen molar-refractivity contribution in [3.05, 3.63) is 0 Å². The van der Waals surface area contributed by atoms with E-state index in [0.29, 0.717) is 13.0 Å². The molecule has 0 fully saturated rings. The van der Waals surface area contributed by atoms with Crippen LogP contribution in [0.5, 0.6) is 0 Å². The van der Waals surface area contributed by atoms with E-state index in [9.17, 15) is 4.79 Å². The largest absolute Gasteiger partial charge is 0.459 e. The Labute approximate surface area is 105 Å². The van der Waals surface area contributed by atoms with Crippen molar-refractivity contribution in [3.8, 4) is 6.07 Å². The number of rotatable bonds is 5. The number of esters is 1. The lowest BCUT2D eigenvalue weighted by Gasteiger charge is -2.32. The second kappa shape index (κ2) is 6.61. The lowest BCUT2D eigenvalue weighted by Crippen LogP contribution is -2.46. The maximum absolute atomic E-state index is 11.9. The quantitative estimate of drug-likeness (QED) is 0.692. The molecule has 0 saturated carbocycles. The molecule has 0 rings (SSSR count). The van der Waals surface area contributed by atoms with Crippen molar-refractivity contribution in [2.24, 2.45) is 0 Å². The summed E-state index contributed by atoms with van der Waals surface area (Å²) in [5, 5.41) is 8.61. The third-order valence-electron chi connectivity index (χ3n) is 2.39. The first-order chi connectivity index (χ1) is 7.69. The van der Waals surface area contributed by atoms with Gasteiger partial charge >= 0.3 is 5.97 Å². The maximum Gasteiger partial charge on any atom is 0.323 e. The first kappa shape index (κ1) is 15.9. The molecule has 0 amide bonds. The van der Waals surface area contributed by atoms with Gasteiger partial charge in [0.1, 0.15) is 11.6 Å². The van der Waals surface area contributed by atoms with Crippen molar-refractivity contribution in [2.75, 3.05) is 6.54 Å². The number of hydrogen-bond acceptors (Lipinski definition) is 4. The Hall–Kier alpha value is -1.08. The number of ether oxygens (including phenoxy) is 1. The predicted molar refractivity (Wildman–Crippen MR) is 67.4 cm³/mol. The summed E-state index contributed by atoms with van der Waals surface area (Å²) >= 11 is 0. The van der Waals surface area contributed by atoms with Gasteiger partial charge in [-0.25, -0.2) is 0 Å². The minimum Gasteiger partial charge on any atom is -0.459 e. The van der Waals surface area contributed by atoms with Crippen LogP contribution in [0.3, 0.4) is 0 Å². The van der Waals surface area contributed by atoms with Crippen molar-refractivity contribution in [3.63, 3.8) is 0 Å². The van der Waals surface area contributed by atoms with E-state index in [1.165, 1.54) is 0 Å². The standard InChI is InChI=1S/C13H24N2O2/c1-10(2)15(9-7-8-14)11(3)12(16)17-13(4,5)6/h10-11H,7,9H2,1-6H3. The van der Waals surface area contributed by atoms with Gasteiger partial charge in [-0.3, -0.25) is 9.69 Å². The molecule has 4 nitrogen and oxygen atoms in total. The number of hydrogen-bond donors (Lipinski definition) is 0. The Morgan fingerprint density at radius 1 is 1.35 bits per heavy atom. The molecule has 0 aromatic heterocycles. The monoisotopic (exact) mass is 240 g/mol. The molecule has 0 bridgehead atoms. The van der Waals surface area contributed by atoms with Gasteiger partial charge in [-0.05, 0) is 41.5 Å². The van der Waals surface area contributed by atoms with E-state index in [4.69, 9.17) is 10.00 Å². The van der Waals surface area contributed by atoms with Crippen molar-refractivity contribution >= 4 is 5.97 Å². The molecule has 4 heteroatoms. The summed E-state index contributed by atoms with van der Waals surface area (Å²) < 4.78 is 5.35. The molecule has 1 unspecified atom stereocenters. The molecule has 98 valence electrons. The van der Waals surface area contributed by atoms with Crippen molar-refractivity contribution < 1.29 is 9.53 Å². The zero-order valence-corrected chi connectivity index (χ0v) is 11.8. The van der Waals surface area contributed by atoms with E-state index in [1.54, 1.807) is 0 Å². The van der Waals surface area contributed by atoms with E-state index in [-0.39, 0.29) is 18.1 Å². The molecule has 0 N–H and O–H groups in total. The van der Waals surface area contributed by atoms with Crippen LogP contribution in [0.2, 0.25) is 0 Å². The Morgan fingerprint density at radius 3 is 2.24 bits per heavy atom. The van der Waals surface area contributed by atoms with Crippen LogP contribution >= 0.6 is 0 Å². The second-order valence-electron chi connectivity index (χ2n) is 5.45. The first-order valence-corrected chi connectivity index (χ1v) is 6.04. The molecule has 0 aromatic carbocycles. The molecule has 0 spiro atoms. The summed E-state index contributed by atoms with van der Waals surface area (Å²) in [6.45, 7) is 12.0. The van der Waals surface area contributed by atoms with Crippen molar-refractivity contribution in [2.45, 2.75) is 65.6 Å². The average molecular weight is 240 g/mol. The lowest BCUT2D eigenvalue weighted by molar-refractivity contribution is -0.161. The molecular weight excluding hydrogens is 216 g/mol. The van der Waals surface area contributed by atoms with Gasteiger partial charge in [0.15, 0.2) is 0 Å². The summed E-state index contributed by atoms with van der Waals surface area (Å²) in [6.07, 6.45) is 0.422. The van der Waals surface area contributed by atoms with E-state index in [0.717, 1.165) is 0 Å². The molecular formula is C13H24N2O2. The van der Waals surface area contributed by atoms with Crippen molar-refractivity contribution in [1.29, 1.82) is 5.26 Å². The van der Waals surface area contributed by atoms with Crippen LogP contribution in [0.4, 0.5) is 0 Å². The summed E-state index contributed by atoms with van der Waals surface area (Å²) in [6, 6.07) is 2.00. The number of nitrogens with zero attached hydrogens (tertiary/aromatic N) is 2. The van der Waals surface area contributed by atoms with Gasteiger partial charge in [0.2, 0.25) is 0 Å². The fourth-order valence-electron chi connectivity index (χ4n) is 1.60. The van der Waals surface area contributed by atoms with Gasteiger partial charge < -0.3 is 4.74 Å². The Kier molecular flexibility index (Phi) is 6.19. The molecule has 1 atom stereocenters. The zero-order valence-electron chi connectivity index (χ0n) is 11.8. The Bertz CT molecular complexity index is 287. The molecule has 0 aromatic rings. The topological polar surface area (TPSA) is 53.3 Å². The van der Waals surface area contributed by atoms with Gasteiger partial charge in [0, 0.05) is 19.0 Å². The Balaban J connectivity index is 4.56. The minimum absolute atomic E-state index is 0.214. The van der Waals surface area contributed by atoms with Crippen LogP contribution < -0.4 is 0 Å². The van der Waals surface area contributed by atoms with Crippen LogP contribution in [-0.4, -0.2) is 35.1 Å². The molecule has 0 radical (unpaired) electrons. The maximum atomic E-state index is 11.9. The first-order valence-electron chi connectivity index (χ1n) is 6.04. The molecule has 0 aliphatic rings. The highest BCUT2D eigenvalue weighted by Crippen LogP contribution is 2.13. The van der Waals surface area contributed by atoms with E-state index in [1.807, 2.05) is 46.4 Å². The molecule has 17 heavy (non-hydrogen) atoms. The number of nitriles is 1. The average Bonchev–Trinajstić information content (AvgIpc) is 2.14. The minimum atomic E-state index is -0.469.